The summed E-state index contributed by atoms with van der Waals surface area (Å²) in [5.41, 5.74) is 3.34. The van der Waals surface area contributed by atoms with Crippen molar-refractivity contribution in [3.63, 3.8) is 0 Å². The van der Waals surface area contributed by atoms with Crippen LogP contribution in [-0.2, 0) is 14.8 Å². The van der Waals surface area contributed by atoms with Crippen LogP contribution in [0.3, 0.4) is 0 Å². The first kappa shape index (κ1) is 19.4. The lowest BCUT2D eigenvalue weighted by Crippen LogP contribution is -2.38. The Labute approximate surface area is 170 Å². The number of hydrogen-bond acceptors (Lipinski definition) is 3. The van der Waals surface area contributed by atoms with Crippen molar-refractivity contribution in [1.29, 1.82) is 0 Å². The molecule has 3 unspecified atom stereocenters. The van der Waals surface area contributed by atoms with E-state index in [1.807, 2.05) is 36.4 Å². The normalized spacial score (nSPS) is 24.4. The van der Waals surface area contributed by atoms with Crippen LogP contribution in [-0.4, -0.2) is 44.6 Å². The summed E-state index contributed by atoms with van der Waals surface area (Å²) in [4.78, 5) is 14.7. The van der Waals surface area contributed by atoms with E-state index in [1.165, 1.54) is 5.56 Å². The summed E-state index contributed by atoms with van der Waals surface area (Å²) in [5.74, 6) is 0.297. The van der Waals surface area contributed by atoms with E-state index in [-0.39, 0.29) is 23.8 Å². The van der Waals surface area contributed by atoms with Crippen molar-refractivity contribution in [2.24, 2.45) is 5.92 Å². The number of nitrogens with one attached hydrogen (secondary N) is 1. The van der Waals surface area contributed by atoms with Gasteiger partial charge in [0, 0.05) is 30.1 Å². The lowest BCUT2D eigenvalue weighted by molar-refractivity contribution is -0.131. The predicted molar refractivity (Wildman–Crippen MR) is 111 cm³/mol. The maximum atomic E-state index is 12.9. The van der Waals surface area contributed by atoms with Crippen molar-refractivity contribution in [3.05, 3.63) is 59.1 Å². The van der Waals surface area contributed by atoms with Crippen LogP contribution in [0.2, 0.25) is 5.02 Å². The first-order valence-corrected chi connectivity index (χ1v) is 11.7. The Kier molecular flexibility index (Phi) is 5.21. The Morgan fingerprint density at radius 1 is 1.18 bits per heavy atom. The summed E-state index contributed by atoms with van der Waals surface area (Å²) in [6.07, 6.45) is 2.65. The fraction of sp³-hybridized carbons (Fsp3) is 0.381. The van der Waals surface area contributed by atoms with Gasteiger partial charge in [0.2, 0.25) is 15.9 Å². The molecule has 1 aliphatic carbocycles. The molecule has 0 aromatic heterocycles. The quantitative estimate of drug-likeness (QED) is 0.810. The molecular formula is C21H23ClN2O3S. The molecule has 1 saturated heterocycles. The molecule has 0 spiro atoms. The van der Waals surface area contributed by atoms with E-state index in [0.29, 0.717) is 24.5 Å². The molecule has 1 aliphatic heterocycles. The highest BCUT2D eigenvalue weighted by molar-refractivity contribution is 7.88. The van der Waals surface area contributed by atoms with Crippen LogP contribution in [0.25, 0.3) is 11.1 Å². The molecule has 2 aliphatic rings. The standard InChI is InChI=1S/C21H23ClN2O3S/c1-28(26,27)23-16-9-10-24(13-16)21(25)20-12-19(20)18-8-3-2-7-17(18)14-5-4-6-15(22)11-14/h2-8,11,16,19-20,23H,9-10,12-13H2,1H3. The summed E-state index contributed by atoms with van der Waals surface area (Å²) in [6.45, 7) is 1.05. The summed E-state index contributed by atoms with van der Waals surface area (Å²) in [5, 5.41) is 0.692. The number of nitrogens with zero attached hydrogens (tertiary/aromatic N) is 1. The Morgan fingerprint density at radius 2 is 1.96 bits per heavy atom. The number of amides is 1. The van der Waals surface area contributed by atoms with Crippen LogP contribution in [0.15, 0.2) is 48.5 Å². The topological polar surface area (TPSA) is 66.5 Å². The van der Waals surface area contributed by atoms with Crippen molar-refractivity contribution in [3.8, 4) is 11.1 Å². The second-order valence-electron chi connectivity index (χ2n) is 7.71. The lowest BCUT2D eigenvalue weighted by atomic mass is 9.96. The summed E-state index contributed by atoms with van der Waals surface area (Å²) < 4.78 is 25.4. The molecule has 1 N–H and O–H groups in total. The molecule has 7 heteroatoms. The number of carbonyl (C=O) groups is 1. The molecule has 3 atom stereocenters. The number of halogens is 1. The number of carbonyl (C=O) groups excluding carboxylic acids is 1. The molecule has 5 nitrogen and oxygen atoms in total. The van der Waals surface area contributed by atoms with Gasteiger partial charge in [-0.15, -0.1) is 0 Å². The third kappa shape index (κ3) is 4.24. The summed E-state index contributed by atoms with van der Waals surface area (Å²) in [7, 11) is -3.25. The average molecular weight is 419 g/mol. The highest BCUT2D eigenvalue weighted by Crippen LogP contribution is 2.51. The van der Waals surface area contributed by atoms with Crippen LogP contribution < -0.4 is 4.72 Å². The number of sulfonamides is 1. The van der Waals surface area contributed by atoms with Crippen molar-refractivity contribution >= 4 is 27.5 Å². The largest absolute Gasteiger partial charge is 0.341 e. The number of benzene rings is 2. The fourth-order valence-electron chi connectivity index (χ4n) is 4.14. The van der Waals surface area contributed by atoms with Gasteiger partial charge in [-0.3, -0.25) is 4.79 Å². The molecule has 1 saturated carbocycles. The minimum atomic E-state index is -3.25. The third-order valence-corrected chi connectivity index (χ3v) is 6.48. The zero-order valence-electron chi connectivity index (χ0n) is 15.6. The van der Waals surface area contributed by atoms with Crippen LogP contribution >= 0.6 is 11.6 Å². The number of hydrogen-bond donors (Lipinski definition) is 1. The molecule has 1 heterocycles. The second-order valence-corrected chi connectivity index (χ2v) is 9.92. The third-order valence-electron chi connectivity index (χ3n) is 5.48. The molecule has 0 bridgehead atoms. The Balaban J connectivity index is 1.47. The molecule has 2 fully saturated rings. The van der Waals surface area contributed by atoms with E-state index in [1.54, 1.807) is 4.90 Å². The minimum Gasteiger partial charge on any atom is -0.341 e. The van der Waals surface area contributed by atoms with E-state index in [4.69, 9.17) is 11.6 Å². The first-order valence-electron chi connectivity index (χ1n) is 9.43. The zero-order valence-corrected chi connectivity index (χ0v) is 17.2. The predicted octanol–water partition coefficient (Wildman–Crippen LogP) is 3.26. The second kappa shape index (κ2) is 7.50. The van der Waals surface area contributed by atoms with Gasteiger partial charge in [0.25, 0.3) is 0 Å². The maximum Gasteiger partial charge on any atom is 0.226 e. The fourth-order valence-corrected chi connectivity index (χ4v) is 5.13. The van der Waals surface area contributed by atoms with E-state index in [0.717, 1.165) is 23.8 Å². The van der Waals surface area contributed by atoms with E-state index < -0.39 is 10.0 Å². The van der Waals surface area contributed by atoms with Crippen LogP contribution in [0, 0.1) is 5.92 Å². The highest BCUT2D eigenvalue weighted by Gasteiger charge is 2.47. The molecule has 28 heavy (non-hydrogen) atoms. The van der Waals surface area contributed by atoms with E-state index >= 15 is 0 Å². The SMILES string of the molecule is CS(=O)(=O)NC1CCN(C(=O)C2CC2c2ccccc2-c2cccc(Cl)c2)C1. The van der Waals surface area contributed by atoms with Gasteiger partial charge in [0.1, 0.15) is 0 Å². The van der Waals surface area contributed by atoms with Crippen molar-refractivity contribution in [1.82, 2.24) is 9.62 Å². The van der Waals surface area contributed by atoms with Crippen LogP contribution in [0.4, 0.5) is 0 Å². The lowest BCUT2D eigenvalue weighted by Gasteiger charge is -2.17. The maximum absolute atomic E-state index is 12.9. The van der Waals surface area contributed by atoms with Gasteiger partial charge in [-0.2, -0.15) is 0 Å². The van der Waals surface area contributed by atoms with Gasteiger partial charge < -0.3 is 4.90 Å². The minimum absolute atomic E-state index is 0.0303. The van der Waals surface area contributed by atoms with Crippen LogP contribution in [0.1, 0.15) is 24.3 Å². The summed E-state index contributed by atoms with van der Waals surface area (Å²) in [6, 6.07) is 15.7. The number of rotatable bonds is 5. The Hall–Kier alpha value is -1.89. The van der Waals surface area contributed by atoms with Gasteiger partial charge in [0.05, 0.1) is 6.26 Å². The zero-order chi connectivity index (χ0) is 19.9. The first-order chi connectivity index (χ1) is 13.3. The molecular weight excluding hydrogens is 396 g/mol. The van der Waals surface area contributed by atoms with Gasteiger partial charge in [-0.25, -0.2) is 13.1 Å². The summed E-state index contributed by atoms with van der Waals surface area (Å²) >= 11 is 6.16. The Bertz CT molecular complexity index is 1010. The molecule has 0 radical (unpaired) electrons. The highest BCUT2D eigenvalue weighted by atomic mass is 35.5. The van der Waals surface area contributed by atoms with Gasteiger partial charge in [0.15, 0.2) is 0 Å². The van der Waals surface area contributed by atoms with Crippen molar-refractivity contribution in [2.75, 3.05) is 19.3 Å². The van der Waals surface area contributed by atoms with Gasteiger partial charge in [-0.1, -0.05) is 48.0 Å². The molecule has 2 aromatic rings. The van der Waals surface area contributed by atoms with E-state index in [2.05, 4.69) is 16.9 Å². The van der Waals surface area contributed by atoms with Crippen LogP contribution in [0.5, 0.6) is 0 Å². The molecule has 1 amide bonds. The molecule has 2 aromatic carbocycles. The van der Waals surface area contributed by atoms with Gasteiger partial charge in [-0.05, 0) is 47.6 Å². The average Bonchev–Trinajstić information content (AvgIpc) is 3.32. The van der Waals surface area contributed by atoms with E-state index in [9.17, 15) is 13.2 Å². The van der Waals surface area contributed by atoms with Gasteiger partial charge >= 0.3 is 0 Å². The smallest absolute Gasteiger partial charge is 0.226 e. The molecule has 4 rings (SSSR count). The van der Waals surface area contributed by atoms with Crippen molar-refractivity contribution in [2.45, 2.75) is 24.8 Å². The Morgan fingerprint density at radius 3 is 2.71 bits per heavy atom. The number of likely N-dealkylation sites (tertiary alicyclic amines) is 1. The molecule has 148 valence electrons. The monoisotopic (exact) mass is 418 g/mol. The van der Waals surface area contributed by atoms with Crippen molar-refractivity contribution < 1.29 is 13.2 Å².